The van der Waals surface area contributed by atoms with Crippen molar-refractivity contribution in [1.29, 1.82) is 0 Å². The van der Waals surface area contributed by atoms with Crippen molar-refractivity contribution in [1.82, 2.24) is 15.0 Å². The smallest absolute Gasteiger partial charge is 0.308 e. The Hall–Kier alpha value is -2.91. The number of nitrogens with one attached hydrogen (secondary N) is 1. The zero-order chi connectivity index (χ0) is 26.6. The van der Waals surface area contributed by atoms with E-state index in [2.05, 4.69) is 22.2 Å². The van der Waals surface area contributed by atoms with Crippen molar-refractivity contribution < 1.29 is 19.0 Å². The number of carbonyl (C=O) groups excluding carboxylic acids is 1. The van der Waals surface area contributed by atoms with Gasteiger partial charge in [-0.15, -0.1) is 11.3 Å². The van der Waals surface area contributed by atoms with E-state index >= 15 is 0 Å². The summed E-state index contributed by atoms with van der Waals surface area (Å²) in [6.45, 7) is 8.04. The summed E-state index contributed by atoms with van der Waals surface area (Å²) in [5, 5.41) is 15.3. The Morgan fingerprint density at radius 3 is 2.62 bits per heavy atom. The second-order valence-corrected chi connectivity index (χ2v) is 11.1. The molecule has 37 heavy (non-hydrogen) atoms. The normalized spacial score (nSPS) is 19.3. The van der Waals surface area contributed by atoms with Crippen LogP contribution in [-0.4, -0.2) is 32.6 Å². The van der Waals surface area contributed by atoms with Crippen molar-refractivity contribution in [2.45, 2.75) is 71.8 Å². The predicted molar refractivity (Wildman–Crippen MR) is 143 cm³/mol. The molecule has 0 amide bonds. The second kappa shape index (κ2) is 11.6. The number of hydrogen-bond donors (Lipinski definition) is 2. The van der Waals surface area contributed by atoms with Gasteiger partial charge in [0.2, 0.25) is 0 Å². The van der Waals surface area contributed by atoms with Crippen LogP contribution in [0.2, 0.25) is 0 Å². The molecule has 3 heterocycles. The zero-order valence-electron chi connectivity index (χ0n) is 21.9. The number of aryl methyl sites for hydroxylation is 2. The maximum absolute atomic E-state index is 13.6. The molecule has 0 spiro atoms. The molecule has 2 N–H and O–H groups in total. The largest absolute Gasteiger partial charge is 0.465 e. The average Bonchev–Trinajstić information content (AvgIpc) is 3.38. The van der Waals surface area contributed by atoms with E-state index in [1.165, 1.54) is 17.5 Å². The molecule has 1 saturated carbocycles. The lowest BCUT2D eigenvalue weighted by molar-refractivity contribution is -0.151. The van der Waals surface area contributed by atoms with Crippen LogP contribution in [0.15, 0.2) is 30.6 Å². The van der Waals surface area contributed by atoms with Gasteiger partial charge in [0.15, 0.2) is 0 Å². The third-order valence-electron chi connectivity index (χ3n) is 7.06. The quantitative estimate of drug-likeness (QED) is 0.244. The van der Waals surface area contributed by atoms with E-state index < -0.39 is 5.60 Å². The van der Waals surface area contributed by atoms with Gasteiger partial charge < -0.3 is 15.2 Å². The topological polar surface area (TPSA) is 97.2 Å². The van der Waals surface area contributed by atoms with Crippen molar-refractivity contribution in [3.63, 3.8) is 0 Å². The van der Waals surface area contributed by atoms with Crippen LogP contribution in [0.5, 0.6) is 0 Å². The van der Waals surface area contributed by atoms with Crippen LogP contribution in [0.25, 0.3) is 10.6 Å². The van der Waals surface area contributed by atoms with E-state index in [-0.39, 0.29) is 23.6 Å². The molecule has 1 unspecified atom stereocenters. The summed E-state index contributed by atoms with van der Waals surface area (Å²) >= 11 is 1.43. The minimum absolute atomic E-state index is 0.0154. The Morgan fingerprint density at radius 2 is 1.92 bits per heavy atom. The fourth-order valence-corrected chi connectivity index (χ4v) is 5.73. The fourth-order valence-electron chi connectivity index (χ4n) is 4.72. The Bertz CT molecular complexity index is 1240. The maximum Gasteiger partial charge on any atom is 0.308 e. The standard InChI is InChI=1S/C28H35FN4O3S/c1-5-6-11-36-26(34)19-7-9-20(10-8-19)28(4,35)27-31-16-23(37-27)22-12-17(2)13-25(32-22)33-24-14-18(3)21(29)15-30-24/h12-16,19-20,35H,5-11H2,1-4H3,(H,30,32,33). The lowest BCUT2D eigenvalue weighted by Gasteiger charge is -2.36. The summed E-state index contributed by atoms with van der Waals surface area (Å²) in [4.78, 5) is 26.6. The highest BCUT2D eigenvalue weighted by molar-refractivity contribution is 7.15. The number of aliphatic hydroxyl groups is 1. The molecule has 3 aromatic heterocycles. The van der Waals surface area contributed by atoms with Crippen LogP contribution in [0.4, 0.5) is 16.0 Å². The highest BCUT2D eigenvalue weighted by Gasteiger charge is 2.40. The molecule has 0 bridgehead atoms. The lowest BCUT2D eigenvalue weighted by atomic mass is 9.74. The number of nitrogens with zero attached hydrogens (tertiary/aromatic N) is 3. The van der Waals surface area contributed by atoms with Gasteiger partial charge in [0.1, 0.15) is 28.1 Å². The first-order valence-electron chi connectivity index (χ1n) is 12.9. The van der Waals surface area contributed by atoms with Gasteiger partial charge in [0.25, 0.3) is 0 Å². The molecule has 0 aromatic carbocycles. The van der Waals surface area contributed by atoms with Gasteiger partial charge >= 0.3 is 5.97 Å². The van der Waals surface area contributed by atoms with Crippen LogP contribution in [0.3, 0.4) is 0 Å². The van der Waals surface area contributed by atoms with E-state index in [0.717, 1.165) is 54.7 Å². The summed E-state index contributed by atoms with van der Waals surface area (Å²) in [5.74, 6) is 0.580. The Morgan fingerprint density at radius 1 is 1.16 bits per heavy atom. The molecule has 0 saturated heterocycles. The summed E-state index contributed by atoms with van der Waals surface area (Å²) in [5.41, 5.74) is 1.14. The summed E-state index contributed by atoms with van der Waals surface area (Å²) in [6, 6.07) is 5.50. The Labute approximate surface area is 221 Å². The van der Waals surface area contributed by atoms with Gasteiger partial charge in [-0.05, 0) is 88.1 Å². The number of unbranched alkanes of at least 4 members (excludes halogenated alkanes) is 1. The highest BCUT2D eigenvalue weighted by Crippen LogP contribution is 2.43. The monoisotopic (exact) mass is 526 g/mol. The van der Waals surface area contributed by atoms with Crippen molar-refractivity contribution >= 4 is 28.9 Å². The molecule has 9 heteroatoms. The minimum atomic E-state index is -1.10. The third kappa shape index (κ3) is 6.51. The number of pyridine rings is 2. The number of hydrogen-bond acceptors (Lipinski definition) is 8. The van der Waals surface area contributed by atoms with E-state index in [9.17, 15) is 14.3 Å². The van der Waals surface area contributed by atoms with Gasteiger partial charge in [-0.1, -0.05) is 13.3 Å². The first-order chi connectivity index (χ1) is 17.7. The number of ether oxygens (including phenoxy) is 1. The maximum atomic E-state index is 13.6. The number of thiazole rings is 1. The molecular formula is C28H35FN4O3S. The zero-order valence-corrected chi connectivity index (χ0v) is 22.7. The number of anilines is 2. The van der Waals surface area contributed by atoms with Crippen molar-refractivity contribution in [2.75, 3.05) is 11.9 Å². The molecule has 1 aliphatic carbocycles. The third-order valence-corrected chi connectivity index (χ3v) is 8.31. The molecule has 1 atom stereocenters. The van der Waals surface area contributed by atoms with Crippen LogP contribution in [0.1, 0.15) is 68.5 Å². The van der Waals surface area contributed by atoms with Crippen LogP contribution in [0, 0.1) is 31.5 Å². The molecule has 4 rings (SSSR count). The molecule has 198 valence electrons. The van der Waals surface area contributed by atoms with E-state index in [0.29, 0.717) is 28.8 Å². The van der Waals surface area contributed by atoms with Crippen LogP contribution in [-0.2, 0) is 15.1 Å². The van der Waals surface area contributed by atoms with E-state index in [1.807, 2.05) is 26.0 Å². The van der Waals surface area contributed by atoms with Gasteiger partial charge in [0.05, 0.1) is 29.3 Å². The number of halogens is 1. The van der Waals surface area contributed by atoms with Gasteiger partial charge in [-0.2, -0.15) is 0 Å². The molecular weight excluding hydrogens is 491 g/mol. The van der Waals surface area contributed by atoms with Crippen molar-refractivity contribution in [3.8, 4) is 10.6 Å². The number of carbonyl (C=O) groups is 1. The summed E-state index contributed by atoms with van der Waals surface area (Å²) in [7, 11) is 0. The van der Waals surface area contributed by atoms with Crippen molar-refractivity contribution in [2.24, 2.45) is 11.8 Å². The number of aromatic nitrogens is 3. The van der Waals surface area contributed by atoms with Gasteiger partial charge in [-0.25, -0.2) is 19.3 Å². The molecule has 3 aromatic rings. The molecule has 1 fully saturated rings. The van der Waals surface area contributed by atoms with Gasteiger partial charge in [-0.3, -0.25) is 4.79 Å². The van der Waals surface area contributed by atoms with E-state index in [1.54, 1.807) is 19.2 Å². The second-order valence-electron chi connectivity index (χ2n) is 10.1. The van der Waals surface area contributed by atoms with Crippen LogP contribution >= 0.6 is 11.3 Å². The van der Waals surface area contributed by atoms with E-state index in [4.69, 9.17) is 9.72 Å². The Kier molecular flexibility index (Phi) is 8.54. The van der Waals surface area contributed by atoms with Gasteiger partial charge in [0, 0.05) is 6.20 Å². The average molecular weight is 527 g/mol. The first-order valence-corrected chi connectivity index (χ1v) is 13.7. The fraction of sp³-hybridized carbons (Fsp3) is 0.500. The molecule has 0 aliphatic heterocycles. The molecule has 0 radical (unpaired) electrons. The molecule has 7 nitrogen and oxygen atoms in total. The predicted octanol–water partition coefficient (Wildman–Crippen LogP) is 6.46. The lowest BCUT2D eigenvalue weighted by Crippen LogP contribution is -2.36. The van der Waals surface area contributed by atoms with Crippen molar-refractivity contribution in [3.05, 3.63) is 52.5 Å². The molecule has 1 aliphatic rings. The summed E-state index contributed by atoms with van der Waals surface area (Å²) in [6.07, 6.45) is 7.75. The van der Waals surface area contributed by atoms with Crippen LogP contribution < -0.4 is 5.32 Å². The number of esters is 1. The number of rotatable bonds is 9. The Balaban J connectivity index is 1.44. The summed E-state index contributed by atoms with van der Waals surface area (Å²) < 4.78 is 19.0. The SMILES string of the molecule is CCCCOC(=O)C1CCC(C(C)(O)c2ncc(-c3cc(C)cc(Nc4cc(C)c(F)cn4)n3)s2)CC1. The first kappa shape index (κ1) is 27.1. The highest BCUT2D eigenvalue weighted by atomic mass is 32.1. The minimum Gasteiger partial charge on any atom is -0.465 e.